The summed E-state index contributed by atoms with van der Waals surface area (Å²) >= 11 is 0. The fourth-order valence-electron chi connectivity index (χ4n) is 1.27. The molecule has 1 N–H and O–H groups in total. The van der Waals surface area contributed by atoms with Gasteiger partial charge in [0.05, 0.1) is 0 Å². The quantitative estimate of drug-likeness (QED) is 0.803. The van der Waals surface area contributed by atoms with Crippen LogP contribution in [0.4, 0.5) is 4.39 Å². The number of rotatable bonds is 6. The summed E-state index contributed by atoms with van der Waals surface area (Å²) in [5, 5.41) is 3.35. The van der Waals surface area contributed by atoms with Crippen molar-refractivity contribution in [2.24, 2.45) is 5.92 Å². The highest BCUT2D eigenvalue weighted by Gasteiger charge is 2.03. The first-order valence-electron chi connectivity index (χ1n) is 5.69. The van der Waals surface area contributed by atoms with E-state index < -0.39 is 0 Å². The first-order chi connectivity index (χ1) is 7.58. The topological polar surface area (TPSA) is 21.3 Å². The molecule has 0 amide bonds. The Morgan fingerprint density at radius 1 is 1.31 bits per heavy atom. The minimum absolute atomic E-state index is 0.264. The molecule has 0 aromatic heterocycles. The molecule has 3 heteroatoms. The molecular formula is C13H20FNO. The van der Waals surface area contributed by atoms with E-state index in [9.17, 15) is 4.39 Å². The molecule has 0 saturated carbocycles. The Morgan fingerprint density at radius 3 is 2.69 bits per heavy atom. The lowest BCUT2D eigenvalue weighted by molar-refractivity contribution is 0.268. The van der Waals surface area contributed by atoms with Gasteiger partial charge in [-0.15, -0.1) is 0 Å². The highest BCUT2D eigenvalue weighted by molar-refractivity contribution is 5.22. The van der Waals surface area contributed by atoms with Crippen LogP contribution >= 0.6 is 0 Å². The van der Waals surface area contributed by atoms with Crippen molar-refractivity contribution in [3.8, 4) is 5.75 Å². The van der Waals surface area contributed by atoms with Crippen LogP contribution in [0.1, 0.15) is 20.8 Å². The molecule has 0 aliphatic rings. The second-order valence-electron chi connectivity index (χ2n) is 4.47. The fraction of sp³-hybridized carbons (Fsp3) is 0.538. The van der Waals surface area contributed by atoms with Crippen LogP contribution in [0.3, 0.4) is 0 Å². The van der Waals surface area contributed by atoms with Crippen LogP contribution in [-0.2, 0) is 0 Å². The zero-order chi connectivity index (χ0) is 12.0. The van der Waals surface area contributed by atoms with Gasteiger partial charge in [0.15, 0.2) is 0 Å². The maximum atomic E-state index is 12.8. The summed E-state index contributed by atoms with van der Waals surface area (Å²) < 4.78 is 18.3. The van der Waals surface area contributed by atoms with Gasteiger partial charge in [0.25, 0.3) is 0 Å². The lowest BCUT2D eigenvalue weighted by atomic mass is 10.2. The minimum atomic E-state index is -0.264. The van der Waals surface area contributed by atoms with Gasteiger partial charge in [0.1, 0.15) is 18.2 Å². The number of nitrogens with one attached hydrogen (secondary N) is 1. The van der Waals surface area contributed by atoms with E-state index in [1.165, 1.54) is 12.1 Å². The van der Waals surface area contributed by atoms with Gasteiger partial charge in [-0.3, -0.25) is 0 Å². The van der Waals surface area contributed by atoms with Crippen LogP contribution in [0.5, 0.6) is 5.75 Å². The Kier molecular flexibility index (Phi) is 5.26. The molecule has 0 fully saturated rings. The van der Waals surface area contributed by atoms with E-state index in [1.54, 1.807) is 12.1 Å². The molecule has 2 nitrogen and oxygen atoms in total. The largest absolute Gasteiger partial charge is 0.492 e. The van der Waals surface area contributed by atoms with Crippen molar-refractivity contribution in [1.82, 2.24) is 5.32 Å². The second kappa shape index (κ2) is 6.48. The van der Waals surface area contributed by atoms with E-state index in [-0.39, 0.29) is 11.9 Å². The molecule has 1 aromatic rings. The van der Waals surface area contributed by atoms with Gasteiger partial charge in [0, 0.05) is 12.1 Å². The number of hydrogen-bond donors (Lipinski definition) is 1. The molecule has 1 rings (SSSR count). The molecule has 1 unspecified atom stereocenters. The first-order valence-corrected chi connectivity index (χ1v) is 5.69. The Morgan fingerprint density at radius 2 is 2.06 bits per heavy atom. The average Bonchev–Trinajstić information content (AvgIpc) is 2.23. The molecule has 0 aliphatic carbocycles. The number of hydrogen-bond acceptors (Lipinski definition) is 2. The number of benzene rings is 1. The third-order valence-corrected chi connectivity index (χ3v) is 2.17. The Balaban J connectivity index is 2.28. The maximum absolute atomic E-state index is 12.8. The van der Waals surface area contributed by atoms with Gasteiger partial charge in [-0.2, -0.15) is 0 Å². The average molecular weight is 225 g/mol. The van der Waals surface area contributed by atoms with E-state index in [4.69, 9.17) is 4.74 Å². The van der Waals surface area contributed by atoms with E-state index in [1.807, 2.05) is 0 Å². The monoisotopic (exact) mass is 225 g/mol. The van der Waals surface area contributed by atoms with Crippen LogP contribution in [0.2, 0.25) is 0 Å². The predicted octanol–water partition coefficient (Wildman–Crippen LogP) is 2.84. The highest BCUT2D eigenvalue weighted by Crippen LogP contribution is 2.11. The number of halogens is 1. The van der Waals surface area contributed by atoms with Crippen LogP contribution in [0, 0.1) is 11.7 Å². The third-order valence-electron chi connectivity index (χ3n) is 2.17. The third kappa shape index (κ3) is 5.12. The zero-order valence-electron chi connectivity index (χ0n) is 10.2. The van der Waals surface area contributed by atoms with Crippen LogP contribution < -0.4 is 10.1 Å². The van der Waals surface area contributed by atoms with Gasteiger partial charge in [-0.25, -0.2) is 4.39 Å². The molecule has 0 saturated heterocycles. The van der Waals surface area contributed by atoms with Crippen molar-refractivity contribution in [3.05, 3.63) is 30.1 Å². The normalized spacial score (nSPS) is 12.8. The highest BCUT2D eigenvalue weighted by atomic mass is 19.1. The molecule has 16 heavy (non-hydrogen) atoms. The lowest BCUT2D eigenvalue weighted by Crippen LogP contribution is -2.34. The molecule has 0 heterocycles. The molecule has 1 aromatic carbocycles. The lowest BCUT2D eigenvalue weighted by Gasteiger charge is -2.16. The van der Waals surface area contributed by atoms with Crippen molar-refractivity contribution < 1.29 is 9.13 Å². The van der Waals surface area contributed by atoms with Gasteiger partial charge < -0.3 is 10.1 Å². The van der Waals surface area contributed by atoms with Crippen molar-refractivity contribution in [3.63, 3.8) is 0 Å². The summed E-state index contributed by atoms with van der Waals surface area (Å²) in [4.78, 5) is 0. The molecule has 1 atom stereocenters. The van der Waals surface area contributed by atoms with E-state index >= 15 is 0 Å². The Hall–Kier alpha value is -1.09. The standard InChI is InChI=1S/C13H20FNO/c1-10(2)8-15-11(3)9-16-13-6-4-5-12(14)7-13/h4-7,10-11,15H,8-9H2,1-3H3. The van der Waals surface area contributed by atoms with Crippen molar-refractivity contribution in [2.75, 3.05) is 13.2 Å². The summed E-state index contributed by atoms with van der Waals surface area (Å²) in [6.45, 7) is 7.89. The summed E-state index contributed by atoms with van der Waals surface area (Å²) in [6.07, 6.45) is 0. The molecule has 0 radical (unpaired) electrons. The smallest absolute Gasteiger partial charge is 0.126 e. The Labute approximate surface area is 96.8 Å². The van der Waals surface area contributed by atoms with E-state index in [0.717, 1.165) is 6.54 Å². The van der Waals surface area contributed by atoms with Crippen LogP contribution in [0.25, 0.3) is 0 Å². The van der Waals surface area contributed by atoms with Crippen molar-refractivity contribution >= 4 is 0 Å². The van der Waals surface area contributed by atoms with Crippen LogP contribution in [-0.4, -0.2) is 19.2 Å². The van der Waals surface area contributed by atoms with Crippen LogP contribution in [0.15, 0.2) is 24.3 Å². The van der Waals surface area contributed by atoms with Crippen molar-refractivity contribution in [2.45, 2.75) is 26.8 Å². The minimum Gasteiger partial charge on any atom is -0.492 e. The molecule has 90 valence electrons. The number of ether oxygens (including phenoxy) is 1. The maximum Gasteiger partial charge on any atom is 0.126 e. The molecular weight excluding hydrogens is 205 g/mol. The molecule has 0 spiro atoms. The van der Waals surface area contributed by atoms with Gasteiger partial charge in [0.2, 0.25) is 0 Å². The molecule has 0 bridgehead atoms. The van der Waals surface area contributed by atoms with Gasteiger partial charge >= 0.3 is 0 Å². The first kappa shape index (κ1) is 13.0. The predicted molar refractivity (Wildman–Crippen MR) is 64.2 cm³/mol. The van der Waals surface area contributed by atoms with Gasteiger partial charge in [-0.05, 0) is 31.5 Å². The summed E-state index contributed by atoms with van der Waals surface area (Å²) in [7, 11) is 0. The van der Waals surface area contributed by atoms with Crippen molar-refractivity contribution in [1.29, 1.82) is 0 Å². The SMILES string of the molecule is CC(C)CNC(C)COc1cccc(F)c1. The summed E-state index contributed by atoms with van der Waals surface area (Å²) in [5.74, 6) is 0.940. The zero-order valence-corrected chi connectivity index (χ0v) is 10.2. The van der Waals surface area contributed by atoms with Gasteiger partial charge in [-0.1, -0.05) is 19.9 Å². The molecule has 0 aliphatic heterocycles. The second-order valence-corrected chi connectivity index (χ2v) is 4.47. The fourth-order valence-corrected chi connectivity index (χ4v) is 1.27. The summed E-state index contributed by atoms with van der Waals surface area (Å²) in [5.41, 5.74) is 0. The summed E-state index contributed by atoms with van der Waals surface area (Å²) in [6, 6.07) is 6.49. The Bertz CT molecular complexity index is 315. The van der Waals surface area contributed by atoms with E-state index in [0.29, 0.717) is 18.3 Å². The van der Waals surface area contributed by atoms with E-state index in [2.05, 4.69) is 26.1 Å².